The first-order valence-corrected chi connectivity index (χ1v) is 9.51. The molecule has 2 atom stereocenters. The molecular weight excluding hydrogens is 315 g/mol. The zero-order valence-electron chi connectivity index (χ0n) is 14.0. The molecule has 0 aromatic rings. The van der Waals surface area contributed by atoms with Gasteiger partial charge >= 0.3 is 51.4 Å². The minimum absolute atomic E-state index is 0. The molecule has 0 rings (SSSR count). The Kier molecular flexibility index (Phi) is 17.8. The smallest absolute Gasteiger partial charge is 0.748 e. The topological polar surface area (TPSA) is 77.4 Å². The maximum atomic E-state index is 11.2. The third kappa shape index (κ3) is 14.8. The van der Waals surface area contributed by atoms with Crippen LogP contribution in [0, 0.1) is 0 Å². The molecule has 0 aromatic carbocycles. The fraction of sp³-hybridized carbons (Fsp3) is 1.00. The molecule has 0 aromatic heterocycles. The van der Waals surface area contributed by atoms with E-state index in [1.165, 1.54) is 12.8 Å². The summed E-state index contributed by atoms with van der Waals surface area (Å²) >= 11 is 0. The molecule has 122 valence electrons. The minimum atomic E-state index is -4.29. The molecular formula is C15H31KO4S. The Morgan fingerprint density at radius 2 is 1.38 bits per heavy atom. The third-order valence-corrected chi connectivity index (χ3v) is 4.96. The fourth-order valence-corrected chi connectivity index (χ4v) is 3.32. The first kappa shape index (κ1) is 24.8. The predicted octanol–water partition coefficient (Wildman–Crippen LogP) is 0.596. The number of aliphatic hydroxyl groups is 1. The van der Waals surface area contributed by atoms with Gasteiger partial charge in [-0.05, 0) is 19.3 Å². The second kappa shape index (κ2) is 15.1. The summed E-state index contributed by atoms with van der Waals surface area (Å²) in [5, 5.41) is 8.98. The van der Waals surface area contributed by atoms with Gasteiger partial charge in [-0.15, -0.1) is 0 Å². The normalized spacial score (nSPS) is 14.5. The maximum Gasteiger partial charge on any atom is 1.00 e. The van der Waals surface area contributed by atoms with Crippen LogP contribution in [0.25, 0.3) is 0 Å². The van der Waals surface area contributed by atoms with E-state index in [0.717, 1.165) is 38.5 Å². The van der Waals surface area contributed by atoms with Gasteiger partial charge in [-0.25, -0.2) is 8.42 Å². The summed E-state index contributed by atoms with van der Waals surface area (Å²) in [6.07, 6.45) is 8.59. The van der Waals surface area contributed by atoms with Crippen LogP contribution in [0.4, 0.5) is 0 Å². The van der Waals surface area contributed by atoms with Crippen molar-refractivity contribution in [3.8, 4) is 0 Å². The summed E-state index contributed by atoms with van der Waals surface area (Å²) < 4.78 is 33.6. The summed E-state index contributed by atoms with van der Waals surface area (Å²) in [7, 11) is -4.29. The van der Waals surface area contributed by atoms with E-state index in [1.807, 2.05) is 6.92 Å². The van der Waals surface area contributed by atoms with Crippen LogP contribution >= 0.6 is 0 Å². The summed E-state index contributed by atoms with van der Waals surface area (Å²) in [5.74, 6) is 0. The van der Waals surface area contributed by atoms with Crippen LogP contribution in [0.5, 0.6) is 0 Å². The van der Waals surface area contributed by atoms with Crippen molar-refractivity contribution in [3.05, 3.63) is 0 Å². The largest absolute Gasteiger partial charge is 1.00 e. The molecule has 0 aliphatic rings. The molecule has 0 spiro atoms. The molecule has 0 fully saturated rings. The van der Waals surface area contributed by atoms with Gasteiger partial charge in [0.2, 0.25) is 0 Å². The summed E-state index contributed by atoms with van der Waals surface area (Å²) in [4.78, 5) is 0. The van der Waals surface area contributed by atoms with Gasteiger partial charge in [0, 0.05) is 0 Å². The van der Waals surface area contributed by atoms with Gasteiger partial charge in [-0.1, -0.05) is 65.2 Å². The molecule has 0 aliphatic heterocycles. The zero-order chi connectivity index (χ0) is 15.4. The van der Waals surface area contributed by atoms with Crippen molar-refractivity contribution < 1.29 is 69.5 Å². The first-order valence-electron chi connectivity index (χ1n) is 8.04. The molecule has 0 bridgehead atoms. The average Bonchev–Trinajstić information content (AvgIpc) is 2.36. The van der Waals surface area contributed by atoms with Crippen molar-refractivity contribution in [2.45, 2.75) is 95.8 Å². The Hall–Kier alpha value is 1.51. The van der Waals surface area contributed by atoms with E-state index in [9.17, 15) is 18.1 Å². The molecule has 0 aliphatic carbocycles. The summed E-state index contributed by atoms with van der Waals surface area (Å²) in [6.45, 7) is 4.18. The minimum Gasteiger partial charge on any atom is -0.748 e. The van der Waals surface area contributed by atoms with Crippen LogP contribution in [0.2, 0.25) is 0 Å². The molecule has 6 heteroatoms. The second-order valence-corrected chi connectivity index (χ2v) is 7.36. The van der Waals surface area contributed by atoms with Gasteiger partial charge in [0.05, 0.1) is 21.5 Å². The SMILES string of the molecule is CCCCCCCC(O)CC(CCCCC)S(=O)(=O)[O-].[K+]. The zero-order valence-corrected chi connectivity index (χ0v) is 18.0. The Bertz CT molecular complexity index is 320. The van der Waals surface area contributed by atoms with Crippen LogP contribution in [-0.2, 0) is 10.1 Å². The van der Waals surface area contributed by atoms with Crippen molar-refractivity contribution in [2.24, 2.45) is 0 Å². The van der Waals surface area contributed by atoms with Crippen LogP contribution < -0.4 is 51.4 Å². The number of aliphatic hydroxyl groups excluding tert-OH is 1. The quantitative estimate of drug-likeness (QED) is 0.301. The van der Waals surface area contributed by atoms with Gasteiger partial charge in [0.1, 0.15) is 0 Å². The van der Waals surface area contributed by atoms with E-state index < -0.39 is 21.5 Å². The maximum absolute atomic E-state index is 11.2. The third-order valence-electron chi connectivity index (χ3n) is 3.71. The molecule has 0 saturated heterocycles. The standard InChI is InChI=1S/C15H32O4S.K/c1-3-5-7-8-10-11-14(16)13-15(20(17,18)19)12-9-6-4-2;/h14-16H,3-13H2,1-2H3,(H,17,18,19);/q;+1/p-1. The summed E-state index contributed by atoms with van der Waals surface area (Å²) in [5.41, 5.74) is 0. The number of hydrogen-bond acceptors (Lipinski definition) is 4. The van der Waals surface area contributed by atoms with Crippen LogP contribution in [-0.4, -0.2) is 29.4 Å². The monoisotopic (exact) mass is 346 g/mol. The molecule has 0 heterocycles. The Balaban J connectivity index is 0. The van der Waals surface area contributed by atoms with E-state index >= 15 is 0 Å². The van der Waals surface area contributed by atoms with Crippen molar-refractivity contribution >= 4 is 10.1 Å². The molecule has 2 unspecified atom stereocenters. The van der Waals surface area contributed by atoms with E-state index in [0.29, 0.717) is 12.8 Å². The van der Waals surface area contributed by atoms with Gasteiger partial charge in [-0.3, -0.25) is 0 Å². The fourth-order valence-electron chi connectivity index (χ4n) is 2.41. The first-order chi connectivity index (χ1) is 9.41. The number of rotatable bonds is 13. The molecule has 1 N–H and O–H groups in total. The molecule has 0 amide bonds. The van der Waals surface area contributed by atoms with Crippen molar-refractivity contribution in [1.82, 2.24) is 0 Å². The molecule has 4 nitrogen and oxygen atoms in total. The number of unbranched alkanes of at least 4 members (excludes halogenated alkanes) is 6. The van der Waals surface area contributed by atoms with Gasteiger partial charge in [0.25, 0.3) is 0 Å². The van der Waals surface area contributed by atoms with E-state index in [4.69, 9.17) is 0 Å². The van der Waals surface area contributed by atoms with Crippen molar-refractivity contribution in [1.29, 1.82) is 0 Å². The van der Waals surface area contributed by atoms with Gasteiger partial charge < -0.3 is 9.66 Å². The summed E-state index contributed by atoms with van der Waals surface area (Å²) in [6, 6.07) is 0. The van der Waals surface area contributed by atoms with Crippen LogP contribution in [0.3, 0.4) is 0 Å². The van der Waals surface area contributed by atoms with Crippen molar-refractivity contribution in [3.63, 3.8) is 0 Å². The van der Waals surface area contributed by atoms with Gasteiger partial charge in [-0.2, -0.15) is 0 Å². The van der Waals surface area contributed by atoms with Crippen molar-refractivity contribution in [2.75, 3.05) is 0 Å². The Morgan fingerprint density at radius 1 is 0.905 bits per heavy atom. The van der Waals surface area contributed by atoms with Crippen LogP contribution in [0.15, 0.2) is 0 Å². The predicted molar refractivity (Wildman–Crippen MR) is 81.6 cm³/mol. The Morgan fingerprint density at radius 3 is 1.90 bits per heavy atom. The molecule has 0 saturated carbocycles. The molecule has 21 heavy (non-hydrogen) atoms. The van der Waals surface area contributed by atoms with E-state index in [1.54, 1.807) is 0 Å². The average molecular weight is 347 g/mol. The Labute approximate surface area is 173 Å². The van der Waals surface area contributed by atoms with E-state index in [-0.39, 0.29) is 57.8 Å². The van der Waals surface area contributed by atoms with E-state index in [2.05, 4.69) is 6.92 Å². The van der Waals surface area contributed by atoms with Crippen LogP contribution in [0.1, 0.15) is 84.5 Å². The number of hydrogen-bond donors (Lipinski definition) is 1. The van der Waals surface area contributed by atoms with Gasteiger partial charge in [0.15, 0.2) is 0 Å². The second-order valence-electron chi connectivity index (χ2n) is 5.70. The molecule has 0 radical (unpaired) electrons.